The lowest BCUT2D eigenvalue weighted by atomic mass is 10.3. The summed E-state index contributed by atoms with van der Waals surface area (Å²) in [4.78, 5) is 12.2. The highest BCUT2D eigenvalue weighted by Gasteiger charge is 2.13. The minimum absolute atomic E-state index is 0.195. The number of ether oxygens (including phenoxy) is 1. The van der Waals surface area contributed by atoms with Crippen LogP contribution in [-0.4, -0.2) is 25.5 Å². The molecule has 1 amide bonds. The Morgan fingerprint density at radius 2 is 2.04 bits per heavy atom. The second kappa shape index (κ2) is 6.76. The molecule has 3 rings (SSSR count). The van der Waals surface area contributed by atoms with E-state index in [0.29, 0.717) is 22.2 Å². The van der Waals surface area contributed by atoms with E-state index in [1.807, 2.05) is 14.0 Å². The number of anilines is 1. The van der Waals surface area contributed by atoms with E-state index < -0.39 is 0 Å². The third-order valence-corrected chi connectivity index (χ3v) is 3.79. The molecule has 0 unspecified atom stereocenters. The topological polar surface area (TPSA) is 74.0 Å². The maximum absolute atomic E-state index is 12.2. The molecule has 1 aromatic carbocycles. The lowest BCUT2D eigenvalue weighted by Gasteiger charge is -2.06. The SMILES string of the molecule is Cc1c(NC(=O)c2ccn(COc3ccc(Cl)cc3)n2)cnn1C. The fraction of sp³-hybridized carbons (Fsp3) is 0.188. The van der Waals surface area contributed by atoms with Crippen molar-refractivity contribution in [3.63, 3.8) is 0 Å². The van der Waals surface area contributed by atoms with Crippen molar-refractivity contribution in [2.45, 2.75) is 13.7 Å². The molecule has 24 heavy (non-hydrogen) atoms. The molecule has 0 fully saturated rings. The van der Waals surface area contributed by atoms with Crippen LogP contribution in [-0.2, 0) is 13.8 Å². The van der Waals surface area contributed by atoms with Crippen LogP contribution in [0.2, 0.25) is 5.02 Å². The van der Waals surface area contributed by atoms with Gasteiger partial charge < -0.3 is 10.1 Å². The first-order chi connectivity index (χ1) is 11.5. The van der Waals surface area contributed by atoms with Crippen molar-refractivity contribution >= 4 is 23.2 Å². The van der Waals surface area contributed by atoms with Crippen LogP contribution in [0, 0.1) is 6.92 Å². The molecule has 0 saturated heterocycles. The second-order valence-electron chi connectivity index (χ2n) is 5.19. The van der Waals surface area contributed by atoms with Crippen molar-refractivity contribution in [3.05, 3.63) is 59.1 Å². The number of aryl methyl sites for hydroxylation is 1. The molecule has 0 aliphatic rings. The van der Waals surface area contributed by atoms with E-state index in [0.717, 1.165) is 5.69 Å². The first-order valence-corrected chi connectivity index (χ1v) is 7.62. The molecule has 0 aliphatic carbocycles. The highest BCUT2D eigenvalue weighted by molar-refractivity contribution is 6.30. The zero-order valence-corrected chi connectivity index (χ0v) is 14.0. The molecule has 0 atom stereocenters. The summed E-state index contributed by atoms with van der Waals surface area (Å²) in [6, 6.07) is 8.66. The average Bonchev–Trinajstić information content (AvgIpc) is 3.17. The molecular weight excluding hydrogens is 330 g/mol. The third kappa shape index (κ3) is 3.57. The van der Waals surface area contributed by atoms with Crippen LogP contribution < -0.4 is 10.1 Å². The Bertz CT molecular complexity index is 854. The van der Waals surface area contributed by atoms with Crippen molar-refractivity contribution in [2.75, 3.05) is 5.32 Å². The molecular formula is C16H16ClN5O2. The maximum Gasteiger partial charge on any atom is 0.276 e. The molecule has 124 valence electrons. The monoisotopic (exact) mass is 345 g/mol. The van der Waals surface area contributed by atoms with Gasteiger partial charge in [0.25, 0.3) is 5.91 Å². The summed E-state index contributed by atoms with van der Waals surface area (Å²) in [6.07, 6.45) is 3.29. The van der Waals surface area contributed by atoms with Gasteiger partial charge in [-0.05, 0) is 37.3 Å². The van der Waals surface area contributed by atoms with Gasteiger partial charge in [0, 0.05) is 18.3 Å². The van der Waals surface area contributed by atoms with Crippen molar-refractivity contribution < 1.29 is 9.53 Å². The summed E-state index contributed by atoms with van der Waals surface area (Å²) in [6.45, 7) is 2.07. The Morgan fingerprint density at radius 1 is 1.29 bits per heavy atom. The van der Waals surface area contributed by atoms with Gasteiger partial charge in [-0.3, -0.25) is 9.48 Å². The highest BCUT2D eigenvalue weighted by atomic mass is 35.5. The zero-order valence-electron chi connectivity index (χ0n) is 13.2. The van der Waals surface area contributed by atoms with E-state index in [4.69, 9.17) is 16.3 Å². The van der Waals surface area contributed by atoms with Crippen LogP contribution in [0.5, 0.6) is 5.75 Å². The van der Waals surface area contributed by atoms with Crippen molar-refractivity contribution in [2.24, 2.45) is 7.05 Å². The van der Waals surface area contributed by atoms with Crippen LogP contribution in [0.1, 0.15) is 16.2 Å². The van der Waals surface area contributed by atoms with Crippen LogP contribution in [0.4, 0.5) is 5.69 Å². The van der Waals surface area contributed by atoms with Crippen LogP contribution in [0.25, 0.3) is 0 Å². The Hall–Kier alpha value is -2.80. The summed E-state index contributed by atoms with van der Waals surface area (Å²) in [7, 11) is 1.81. The molecule has 1 N–H and O–H groups in total. The fourth-order valence-electron chi connectivity index (χ4n) is 2.03. The smallest absolute Gasteiger partial charge is 0.276 e. The van der Waals surface area contributed by atoms with Gasteiger partial charge in [0.2, 0.25) is 0 Å². The van der Waals surface area contributed by atoms with Gasteiger partial charge >= 0.3 is 0 Å². The lowest BCUT2D eigenvalue weighted by Crippen LogP contribution is -2.14. The molecule has 8 heteroatoms. The lowest BCUT2D eigenvalue weighted by molar-refractivity contribution is 0.102. The number of amides is 1. The minimum atomic E-state index is -0.295. The summed E-state index contributed by atoms with van der Waals surface area (Å²) in [5, 5.41) is 11.7. The van der Waals surface area contributed by atoms with Crippen molar-refractivity contribution in [1.29, 1.82) is 0 Å². The van der Waals surface area contributed by atoms with Crippen LogP contribution >= 0.6 is 11.6 Å². The van der Waals surface area contributed by atoms with Crippen LogP contribution in [0.15, 0.2) is 42.7 Å². The van der Waals surface area contributed by atoms with Gasteiger partial charge in [0.05, 0.1) is 17.6 Å². The number of carbonyl (C=O) groups excluding carboxylic acids is 1. The second-order valence-corrected chi connectivity index (χ2v) is 5.63. The van der Waals surface area contributed by atoms with E-state index in [1.54, 1.807) is 52.1 Å². The van der Waals surface area contributed by atoms with Gasteiger partial charge in [-0.1, -0.05) is 11.6 Å². The predicted octanol–water partition coefficient (Wildman–Crippen LogP) is 2.87. The first kappa shape index (κ1) is 16.1. The number of rotatable bonds is 5. The van der Waals surface area contributed by atoms with Gasteiger partial charge in [-0.15, -0.1) is 0 Å². The third-order valence-electron chi connectivity index (χ3n) is 3.53. The number of hydrogen-bond donors (Lipinski definition) is 1. The number of nitrogens with zero attached hydrogens (tertiary/aromatic N) is 4. The summed E-state index contributed by atoms with van der Waals surface area (Å²) in [5.41, 5.74) is 1.83. The number of nitrogens with one attached hydrogen (secondary N) is 1. The standard InChI is InChI=1S/C16H16ClN5O2/c1-11-15(9-18-21(11)2)19-16(23)14-7-8-22(20-14)10-24-13-5-3-12(17)4-6-13/h3-9H,10H2,1-2H3,(H,19,23). The van der Waals surface area contributed by atoms with Gasteiger partial charge in [0.1, 0.15) is 5.75 Å². The predicted molar refractivity (Wildman–Crippen MR) is 90.2 cm³/mol. The Kier molecular flexibility index (Phi) is 4.52. The molecule has 0 spiro atoms. The maximum atomic E-state index is 12.2. The van der Waals surface area contributed by atoms with E-state index in [-0.39, 0.29) is 12.6 Å². The van der Waals surface area contributed by atoms with Gasteiger partial charge in [0.15, 0.2) is 12.4 Å². The molecule has 2 heterocycles. The Labute approximate surface area is 143 Å². The summed E-state index contributed by atoms with van der Waals surface area (Å²) >= 11 is 5.82. The van der Waals surface area contributed by atoms with E-state index in [2.05, 4.69) is 15.5 Å². The minimum Gasteiger partial charge on any atom is -0.471 e. The molecule has 0 aliphatic heterocycles. The summed E-state index contributed by atoms with van der Waals surface area (Å²) < 4.78 is 8.81. The van der Waals surface area contributed by atoms with E-state index in [9.17, 15) is 4.79 Å². The van der Waals surface area contributed by atoms with E-state index >= 15 is 0 Å². The Balaban J connectivity index is 1.61. The molecule has 2 aromatic heterocycles. The highest BCUT2D eigenvalue weighted by Crippen LogP contribution is 2.16. The summed E-state index contributed by atoms with van der Waals surface area (Å²) in [5.74, 6) is 0.378. The quantitative estimate of drug-likeness (QED) is 0.771. The molecule has 7 nitrogen and oxygen atoms in total. The number of benzene rings is 1. The van der Waals surface area contributed by atoms with E-state index in [1.165, 1.54) is 0 Å². The number of aromatic nitrogens is 4. The van der Waals surface area contributed by atoms with Gasteiger partial charge in [-0.2, -0.15) is 10.2 Å². The molecule has 0 radical (unpaired) electrons. The number of hydrogen-bond acceptors (Lipinski definition) is 4. The molecule has 3 aromatic rings. The molecule has 0 saturated carbocycles. The zero-order chi connectivity index (χ0) is 17.1. The Morgan fingerprint density at radius 3 is 2.71 bits per heavy atom. The van der Waals surface area contributed by atoms with Gasteiger partial charge in [-0.25, -0.2) is 4.68 Å². The number of carbonyl (C=O) groups is 1. The average molecular weight is 346 g/mol. The van der Waals surface area contributed by atoms with Crippen molar-refractivity contribution in [1.82, 2.24) is 19.6 Å². The largest absolute Gasteiger partial charge is 0.471 e. The first-order valence-electron chi connectivity index (χ1n) is 7.25. The van der Waals surface area contributed by atoms with Crippen molar-refractivity contribution in [3.8, 4) is 5.75 Å². The van der Waals surface area contributed by atoms with Crippen LogP contribution in [0.3, 0.4) is 0 Å². The molecule has 0 bridgehead atoms. The number of halogens is 1. The normalized spacial score (nSPS) is 10.6. The fourth-order valence-corrected chi connectivity index (χ4v) is 2.16.